The number of rotatable bonds is 12. The quantitative estimate of drug-likeness (QED) is 0.120. The molecule has 0 aromatic heterocycles. The van der Waals surface area contributed by atoms with Gasteiger partial charge in [-0.05, 0) is 92.8 Å². The number of hydroxylamine groups is 3. The Morgan fingerprint density at radius 1 is 1.07 bits per heavy atom. The average molecular weight is 563 g/mol. The molecule has 0 radical (unpaired) electrons. The van der Waals surface area contributed by atoms with Gasteiger partial charge in [-0.15, -0.1) is 0 Å². The van der Waals surface area contributed by atoms with Crippen LogP contribution in [0.3, 0.4) is 0 Å². The second-order valence-corrected chi connectivity index (χ2v) is 15.8. The van der Waals surface area contributed by atoms with Crippen LogP contribution in [0, 0.1) is 46.3 Å². The SMILES string of the molecule is CCOC(=O)C[N+](C)(O)CCOC1CCC2(C)C3CCC4(C)C(C(C)CCCC(C)C)CCC4C3CC3OC32C1. The third kappa shape index (κ3) is 5.53. The second kappa shape index (κ2) is 11.4. The zero-order valence-corrected chi connectivity index (χ0v) is 26.8. The molecule has 230 valence electrons. The smallest absolute Gasteiger partial charge is 0.364 e. The van der Waals surface area contributed by atoms with Crippen LogP contribution in [0.4, 0.5) is 0 Å². The van der Waals surface area contributed by atoms with Gasteiger partial charge in [-0.25, -0.2) is 10.0 Å². The summed E-state index contributed by atoms with van der Waals surface area (Å²) >= 11 is 0. The Morgan fingerprint density at radius 2 is 1.85 bits per heavy atom. The van der Waals surface area contributed by atoms with E-state index in [-0.39, 0.29) is 29.6 Å². The summed E-state index contributed by atoms with van der Waals surface area (Å²) < 4.78 is 17.7. The fourth-order valence-corrected chi connectivity index (χ4v) is 10.8. The van der Waals surface area contributed by atoms with Gasteiger partial charge in [-0.2, -0.15) is 4.65 Å². The van der Waals surface area contributed by atoms with E-state index in [1.165, 1.54) is 57.8 Å². The van der Waals surface area contributed by atoms with Crippen LogP contribution in [0.2, 0.25) is 0 Å². The first kappa shape index (κ1) is 30.8. The molecule has 1 spiro atoms. The summed E-state index contributed by atoms with van der Waals surface area (Å²) in [5.74, 6) is 4.67. The lowest BCUT2D eigenvalue weighted by Crippen LogP contribution is -2.59. The van der Waals surface area contributed by atoms with E-state index in [9.17, 15) is 10.0 Å². The first-order valence-corrected chi connectivity index (χ1v) is 16.9. The molecule has 1 N–H and O–H groups in total. The second-order valence-electron chi connectivity index (χ2n) is 15.8. The number of nitrogens with zero attached hydrogens (tertiary/aromatic N) is 1. The van der Waals surface area contributed by atoms with Gasteiger partial charge in [0.1, 0.15) is 12.1 Å². The summed E-state index contributed by atoms with van der Waals surface area (Å²) in [6, 6.07) is 0. The molecule has 0 aromatic rings. The summed E-state index contributed by atoms with van der Waals surface area (Å²) in [4.78, 5) is 11.8. The third-order valence-corrected chi connectivity index (χ3v) is 12.9. The highest BCUT2D eigenvalue weighted by atomic mass is 16.6. The van der Waals surface area contributed by atoms with E-state index in [0.29, 0.717) is 31.3 Å². The largest absolute Gasteiger partial charge is 0.462 e. The monoisotopic (exact) mass is 562 g/mol. The zero-order chi connectivity index (χ0) is 28.9. The highest BCUT2D eigenvalue weighted by Crippen LogP contribution is 2.74. The Bertz CT molecular complexity index is 907. The lowest BCUT2D eigenvalue weighted by atomic mass is 9.44. The van der Waals surface area contributed by atoms with Crippen molar-refractivity contribution in [1.82, 2.24) is 0 Å². The van der Waals surface area contributed by atoms with Crippen LogP contribution in [-0.2, 0) is 19.0 Å². The Balaban J connectivity index is 1.18. The van der Waals surface area contributed by atoms with Crippen LogP contribution >= 0.6 is 0 Å². The van der Waals surface area contributed by atoms with E-state index in [2.05, 4.69) is 34.6 Å². The van der Waals surface area contributed by atoms with E-state index < -0.39 is 4.65 Å². The van der Waals surface area contributed by atoms with E-state index in [4.69, 9.17) is 14.2 Å². The molecule has 1 heterocycles. The predicted octanol–water partition coefficient (Wildman–Crippen LogP) is 7.02. The molecule has 40 heavy (non-hydrogen) atoms. The van der Waals surface area contributed by atoms with E-state index in [0.717, 1.165) is 48.3 Å². The average Bonchev–Trinajstić information content (AvgIpc) is 3.44. The summed E-state index contributed by atoms with van der Waals surface area (Å²) in [5, 5.41) is 10.6. The Labute approximate surface area is 244 Å². The lowest BCUT2D eigenvalue weighted by Gasteiger charge is -2.59. The number of epoxide rings is 1. The van der Waals surface area contributed by atoms with Gasteiger partial charge in [-0.1, -0.05) is 53.9 Å². The van der Waals surface area contributed by atoms with Crippen molar-refractivity contribution in [3.8, 4) is 0 Å². The third-order valence-electron chi connectivity index (χ3n) is 12.9. The number of esters is 1. The normalized spacial score (nSPS) is 44.1. The van der Waals surface area contributed by atoms with Crippen molar-refractivity contribution < 1.29 is 28.9 Å². The molecule has 0 amide bonds. The number of fused-ring (bicyclic) bond motifs is 4. The van der Waals surface area contributed by atoms with Crippen LogP contribution in [-0.4, -0.2) is 67.0 Å². The van der Waals surface area contributed by atoms with Gasteiger partial charge in [0, 0.05) is 11.8 Å². The Hall–Kier alpha value is -0.690. The summed E-state index contributed by atoms with van der Waals surface area (Å²) in [6.07, 6.45) is 14.9. The van der Waals surface area contributed by atoms with E-state index in [1.54, 1.807) is 14.0 Å². The van der Waals surface area contributed by atoms with Gasteiger partial charge in [0.15, 0.2) is 0 Å². The summed E-state index contributed by atoms with van der Waals surface area (Å²) in [5.41, 5.74) is 0.770. The maximum absolute atomic E-state index is 11.8. The predicted molar refractivity (Wildman–Crippen MR) is 157 cm³/mol. The van der Waals surface area contributed by atoms with Gasteiger partial charge in [-0.3, -0.25) is 0 Å². The maximum atomic E-state index is 11.8. The molecule has 5 fully saturated rings. The minimum absolute atomic E-state index is 0.00469. The van der Waals surface area contributed by atoms with Crippen molar-refractivity contribution in [3.63, 3.8) is 0 Å². The van der Waals surface area contributed by atoms with Crippen LogP contribution in [0.15, 0.2) is 0 Å². The van der Waals surface area contributed by atoms with Crippen molar-refractivity contribution in [2.24, 2.45) is 46.3 Å². The minimum Gasteiger partial charge on any atom is -0.462 e. The Morgan fingerprint density at radius 3 is 2.58 bits per heavy atom. The van der Waals surface area contributed by atoms with Gasteiger partial charge < -0.3 is 14.2 Å². The molecule has 6 heteroatoms. The summed E-state index contributed by atoms with van der Waals surface area (Å²) in [7, 11) is 1.65. The van der Waals surface area contributed by atoms with Crippen molar-refractivity contribution in [2.75, 3.05) is 33.4 Å². The highest BCUT2D eigenvalue weighted by Gasteiger charge is 2.76. The molecule has 5 rings (SSSR count). The fourth-order valence-electron chi connectivity index (χ4n) is 10.8. The van der Waals surface area contributed by atoms with Crippen molar-refractivity contribution in [1.29, 1.82) is 0 Å². The van der Waals surface area contributed by atoms with Crippen LogP contribution in [0.1, 0.15) is 112 Å². The molecule has 6 nitrogen and oxygen atoms in total. The number of quaternary nitrogens is 1. The van der Waals surface area contributed by atoms with Crippen molar-refractivity contribution in [3.05, 3.63) is 0 Å². The Kier molecular flexibility index (Phi) is 8.79. The zero-order valence-electron chi connectivity index (χ0n) is 26.8. The fraction of sp³-hybridized carbons (Fsp3) is 0.971. The molecule has 0 aromatic carbocycles. The number of hydrogen-bond donors (Lipinski definition) is 1. The minimum atomic E-state index is -0.394. The molecule has 5 aliphatic rings. The first-order chi connectivity index (χ1) is 18.8. The number of carbonyl (C=O) groups excluding carboxylic acids is 1. The standard InChI is InChI=1S/C34H60NO5/c1-8-38-31(36)22-35(7,37)18-19-39-25-14-17-33(6)29-15-16-32(5)27(24(4)11-9-10-23(2)3)12-13-28(32)26(29)20-30-34(33,21-25)40-30/h23-30,37H,8-22H2,1-7H3/q+1. The molecule has 4 saturated carbocycles. The molecular weight excluding hydrogens is 502 g/mol. The molecule has 0 bridgehead atoms. The molecule has 4 aliphatic carbocycles. The van der Waals surface area contributed by atoms with E-state index in [1.807, 2.05) is 0 Å². The van der Waals surface area contributed by atoms with Gasteiger partial charge >= 0.3 is 5.97 Å². The number of likely N-dealkylation sites (N-methyl/N-ethyl adjacent to an activating group) is 1. The van der Waals surface area contributed by atoms with Crippen LogP contribution in [0.25, 0.3) is 0 Å². The van der Waals surface area contributed by atoms with Crippen molar-refractivity contribution in [2.45, 2.75) is 130 Å². The molecular formula is C34H60NO5+. The number of carbonyl (C=O) groups is 1. The first-order valence-electron chi connectivity index (χ1n) is 16.9. The lowest BCUT2D eigenvalue weighted by molar-refractivity contribution is -1.08. The number of hydrogen-bond acceptors (Lipinski definition) is 5. The van der Waals surface area contributed by atoms with E-state index >= 15 is 0 Å². The molecule has 1 aliphatic heterocycles. The van der Waals surface area contributed by atoms with Gasteiger partial charge in [0.2, 0.25) is 6.54 Å². The molecule has 11 atom stereocenters. The maximum Gasteiger partial charge on any atom is 0.364 e. The molecule has 11 unspecified atom stereocenters. The van der Waals surface area contributed by atoms with Crippen LogP contribution in [0.5, 0.6) is 0 Å². The number of ether oxygens (including phenoxy) is 3. The molecule has 1 saturated heterocycles. The van der Waals surface area contributed by atoms with Gasteiger partial charge in [0.05, 0.1) is 32.5 Å². The summed E-state index contributed by atoms with van der Waals surface area (Å²) in [6.45, 7) is 15.4. The highest BCUT2D eigenvalue weighted by molar-refractivity contribution is 5.70. The van der Waals surface area contributed by atoms with Gasteiger partial charge in [0.25, 0.3) is 0 Å². The van der Waals surface area contributed by atoms with Crippen LogP contribution < -0.4 is 0 Å². The topological polar surface area (TPSA) is 68.3 Å². The van der Waals surface area contributed by atoms with Crippen molar-refractivity contribution >= 4 is 5.97 Å².